The highest BCUT2D eigenvalue weighted by Gasteiger charge is 2.49. The van der Waals surface area contributed by atoms with Crippen molar-refractivity contribution in [1.82, 2.24) is 45.1 Å². The summed E-state index contributed by atoms with van der Waals surface area (Å²) in [5, 5.41) is 32.0. The van der Waals surface area contributed by atoms with Crippen molar-refractivity contribution in [2.45, 2.75) is 111 Å². The molecule has 3 amide bonds. The first kappa shape index (κ1) is 49.4. The van der Waals surface area contributed by atoms with Gasteiger partial charge < -0.3 is 25.4 Å². The average molecular weight is 990 g/mol. The molecule has 1 fully saturated rings. The van der Waals surface area contributed by atoms with Crippen molar-refractivity contribution in [2.75, 3.05) is 19.8 Å². The summed E-state index contributed by atoms with van der Waals surface area (Å²) in [6.07, 6.45) is 4.23. The fourth-order valence-corrected chi connectivity index (χ4v) is 10.9. The van der Waals surface area contributed by atoms with Gasteiger partial charge in [-0.15, -0.1) is 32.9 Å². The molecule has 0 radical (unpaired) electrons. The number of benzene rings is 2. The minimum atomic E-state index is -1.30. The third-order valence-corrected chi connectivity index (χ3v) is 14.8. The van der Waals surface area contributed by atoms with E-state index in [0.29, 0.717) is 18.0 Å². The number of hydrogen-bond donors (Lipinski definition) is 3. The number of β-amino-alcohol motifs (C(OH)–C–C–N with tert-alkyl or cyclic N) is 1. The van der Waals surface area contributed by atoms with Crippen LogP contribution in [0.15, 0.2) is 71.4 Å². The van der Waals surface area contributed by atoms with Gasteiger partial charge >= 0.3 is 0 Å². The molecule has 2 aromatic carbocycles. The lowest BCUT2D eigenvalue weighted by atomic mass is 9.85. The number of halogens is 1. The monoisotopic (exact) mass is 988 g/mol. The van der Waals surface area contributed by atoms with E-state index in [1.54, 1.807) is 40.5 Å². The Balaban J connectivity index is 0.850. The number of hydrogen-bond acceptors (Lipinski definition) is 12. The number of thiazole rings is 1. The Hall–Kier alpha value is -6.03. The topological polar surface area (TPSA) is 182 Å². The minimum Gasteiger partial charge on any atom is -0.388 e. The van der Waals surface area contributed by atoms with E-state index in [0.717, 1.165) is 71.2 Å². The van der Waals surface area contributed by atoms with Crippen molar-refractivity contribution in [3.63, 3.8) is 0 Å². The molecule has 8 rings (SSSR count). The van der Waals surface area contributed by atoms with Crippen molar-refractivity contribution >= 4 is 57.7 Å². The first-order valence-corrected chi connectivity index (χ1v) is 25.0. The lowest BCUT2D eigenvalue weighted by Gasteiger charge is -2.35. The molecule has 0 bridgehead atoms. The molecule has 6 aromatic rings. The molecule has 360 valence electrons. The van der Waals surface area contributed by atoms with Crippen molar-refractivity contribution in [3.8, 4) is 27.3 Å². The van der Waals surface area contributed by atoms with E-state index >= 15 is 0 Å². The van der Waals surface area contributed by atoms with Gasteiger partial charge in [-0.25, -0.2) is 4.98 Å². The average Bonchev–Trinajstić information content (AvgIpc) is 4.14. The zero-order valence-electron chi connectivity index (χ0n) is 40.3. The molecule has 4 aromatic heterocycles. The van der Waals surface area contributed by atoms with Crippen molar-refractivity contribution < 1.29 is 24.2 Å². The largest absolute Gasteiger partial charge is 0.388 e. The van der Waals surface area contributed by atoms with Crippen molar-refractivity contribution in [3.05, 3.63) is 121 Å². The van der Waals surface area contributed by atoms with E-state index in [9.17, 15) is 19.5 Å². The second-order valence-electron chi connectivity index (χ2n) is 19.2. The predicted octanol–water partition coefficient (Wildman–Crippen LogP) is 7.71. The Bertz CT molecular complexity index is 2970. The molecule has 2 aliphatic heterocycles. The smallest absolute Gasteiger partial charge is 0.246 e. The number of thiophene rings is 1. The second-order valence-corrected chi connectivity index (χ2v) is 21.4. The number of nitrogens with zero attached hydrogens (tertiary/aromatic N) is 8. The second kappa shape index (κ2) is 20.1. The number of carbonyl (C=O) groups excluding carboxylic acids is 3. The number of likely N-dealkylation sites (tertiary alicyclic amines) is 1. The van der Waals surface area contributed by atoms with Crippen LogP contribution < -0.4 is 10.6 Å². The van der Waals surface area contributed by atoms with E-state index in [4.69, 9.17) is 21.3 Å². The molecular formula is C51H57ClN10O5S2. The maximum Gasteiger partial charge on any atom is 0.246 e. The normalized spacial score (nSPS) is 18.6. The van der Waals surface area contributed by atoms with Crippen LogP contribution in [0.1, 0.15) is 117 Å². The summed E-state index contributed by atoms with van der Waals surface area (Å²) in [6, 6.07) is 13.2. The van der Waals surface area contributed by atoms with Gasteiger partial charge in [-0.3, -0.25) is 28.6 Å². The molecule has 0 spiro atoms. The zero-order valence-corrected chi connectivity index (χ0v) is 42.6. The highest BCUT2D eigenvalue weighted by molar-refractivity contribution is 7.15. The van der Waals surface area contributed by atoms with Gasteiger partial charge in [-0.1, -0.05) is 80.6 Å². The Morgan fingerprint density at radius 2 is 1.75 bits per heavy atom. The molecule has 18 heteroatoms. The Labute approximate surface area is 415 Å². The third kappa shape index (κ3) is 10.9. The van der Waals surface area contributed by atoms with Gasteiger partial charge in [-0.2, -0.15) is 5.10 Å². The number of rotatable bonds is 13. The van der Waals surface area contributed by atoms with Gasteiger partial charge in [0.1, 0.15) is 35.6 Å². The van der Waals surface area contributed by atoms with Crippen LogP contribution in [0.4, 0.5) is 0 Å². The van der Waals surface area contributed by atoms with Gasteiger partial charge in [0.15, 0.2) is 5.82 Å². The van der Waals surface area contributed by atoms with Gasteiger partial charge in [-0.05, 0) is 82.2 Å². The van der Waals surface area contributed by atoms with Gasteiger partial charge in [0, 0.05) is 41.9 Å². The molecule has 3 N–H and O–H groups in total. The Morgan fingerprint density at radius 3 is 2.45 bits per heavy atom. The summed E-state index contributed by atoms with van der Waals surface area (Å²) in [5.41, 5.74) is 7.28. The maximum atomic E-state index is 14.3. The molecule has 0 aliphatic carbocycles. The molecule has 6 heterocycles. The number of fused-ring (bicyclic) bond motifs is 3. The number of aromatic nitrogens is 6. The summed E-state index contributed by atoms with van der Waals surface area (Å²) in [5.74, 6) is 6.93. The van der Waals surface area contributed by atoms with Crippen molar-refractivity contribution in [1.29, 1.82) is 0 Å². The molecular weight excluding hydrogens is 932 g/mol. The number of aliphatic hydroxyl groups is 1. The minimum absolute atomic E-state index is 0.0538. The van der Waals surface area contributed by atoms with Crippen molar-refractivity contribution in [2.24, 2.45) is 10.4 Å². The van der Waals surface area contributed by atoms with Crippen LogP contribution in [0.25, 0.3) is 15.4 Å². The van der Waals surface area contributed by atoms with E-state index in [-0.39, 0.29) is 44.2 Å². The van der Waals surface area contributed by atoms with Gasteiger partial charge in [0.25, 0.3) is 0 Å². The van der Waals surface area contributed by atoms with Crippen LogP contribution >= 0.6 is 34.3 Å². The van der Waals surface area contributed by atoms with Crippen LogP contribution in [0.3, 0.4) is 0 Å². The van der Waals surface area contributed by atoms with Crippen LogP contribution in [0.5, 0.6) is 0 Å². The zero-order chi connectivity index (χ0) is 49.4. The summed E-state index contributed by atoms with van der Waals surface area (Å²) < 4.78 is 9.63. The number of aryl methyl sites for hydroxylation is 3. The van der Waals surface area contributed by atoms with Gasteiger partial charge in [0.2, 0.25) is 17.7 Å². The Kier molecular flexibility index (Phi) is 14.4. The number of amides is 3. The molecule has 5 atom stereocenters. The van der Waals surface area contributed by atoms with Gasteiger partial charge in [0.05, 0.1) is 56.6 Å². The molecule has 2 unspecified atom stereocenters. The molecule has 2 aliphatic rings. The first-order valence-electron chi connectivity index (χ1n) is 22.9. The summed E-state index contributed by atoms with van der Waals surface area (Å²) in [4.78, 5) is 54.3. The number of nitrogens with one attached hydrogen (secondary N) is 2. The first-order chi connectivity index (χ1) is 32.8. The SMILES string of the molecule is Cc1ncsc1-c1ccc(C(C)NC(=O)[C@@H]2C[C@@](C)(O)CN2C(=O)C(NC(=O)COCCCn2cc(C#Cc3sc4c(c3C)C(c3ccc(Cl)cc3)=N[C@@H](C)c3nnc(C)n3-4)cn2)C(C)(C)C)cc1. The molecule has 69 heavy (non-hydrogen) atoms. The van der Waals surface area contributed by atoms with E-state index in [2.05, 4.69) is 54.2 Å². The summed E-state index contributed by atoms with van der Waals surface area (Å²) in [7, 11) is 0. The summed E-state index contributed by atoms with van der Waals surface area (Å²) >= 11 is 9.40. The highest BCUT2D eigenvalue weighted by atomic mass is 35.5. The van der Waals surface area contributed by atoms with E-state index < -0.39 is 34.9 Å². The Morgan fingerprint density at radius 1 is 1.03 bits per heavy atom. The molecule has 0 saturated carbocycles. The van der Waals surface area contributed by atoms with Crippen LogP contribution in [0.2, 0.25) is 5.02 Å². The van der Waals surface area contributed by atoms with Crippen LogP contribution in [-0.2, 0) is 25.7 Å². The summed E-state index contributed by atoms with van der Waals surface area (Å²) in [6.45, 7) is 17.5. The van der Waals surface area contributed by atoms with E-state index in [1.165, 1.54) is 4.90 Å². The molecule has 15 nitrogen and oxygen atoms in total. The number of carbonyl (C=O) groups is 3. The quantitative estimate of drug-likeness (QED) is 0.0772. The van der Waals surface area contributed by atoms with E-state index in [1.807, 2.05) is 109 Å². The number of aliphatic imine (C=N–C) groups is 1. The van der Waals surface area contributed by atoms with Crippen LogP contribution in [0, 0.1) is 38.0 Å². The fourth-order valence-electron chi connectivity index (χ4n) is 8.72. The lowest BCUT2D eigenvalue weighted by molar-refractivity contribution is -0.145. The fraction of sp³-hybridized carbons (Fsp3) is 0.412. The molecule has 1 saturated heterocycles. The highest BCUT2D eigenvalue weighted by Crippen LogP contribution is 2.39. The maximum absolute atomic E-state index is 14.3. The third-order valence-electron chi connectivity index (χ3n) is 12.4. The van der Waals surface area contributed by atoms with Crippen LogP contribution in [-0.4, -0.2) is 100 Å². The number of ether oxygens (including phenoxy) is 1. The lowest BCUT2D eigenvalue weighted by Crippen LogP contribution is -2.58. The predicted molar refractivity (Wildman–Crippen MR) is 269 cm³/mol. The standard InChI is InChI=1S/C51H57ClN10O5S2/c1-29-40(69-49-42(29)43(36-16-18-38(52)19-17-36)55-32(4)46-59-58-33(5)62(46)49)20-11-34-24-54-60(25-34)21-10-22-67-26-41(63)57-45(50(6,7)8)48(65)61-27-51(9,66)23-39(61)47(64)56-30(2)35-12-14-37(15-13-35)44-31(3)53-28-68-44/h12-19,24-25,28,30,32,39,45,66H,10,21-23,26-27H2,1-9H3,(H,56,64)(H,57,63)/t30?,32-,39-,45?,51+/m0/s1.